The molecule has 0 fully saturated rings. The predicted molar refractivity (Wildman–Crippen MR) is 85.3 cm³/mol. The van der Waals surface area contributed by atoms with Crippen molar-refractivity contribution in [2.45, 2.75) is 58.9 Å². The fourth-order valence-electron chi connectivity index (χ4n) is 2.70. The third-order valence-electron chi connectivity index (χ3n) is 3.93. The van der Waals surface area contributed by atoms with Gasteiger partial charge in [-0.2, -0.15) is 0 Å². The number of fused-ring (bicyclic) bond motifs is 1. The van der Waals surface area contributed by atoms with Gasteiger partial charge in [-0.15, -0.1) is 11.3 Å². The number of carbonyl (C=O) groups excluding carboxylic acids is 1. The van der Waals surface area contributed by atoms with Crippen LogP contribution in [0.5, 0.6) is 0 Å². The first-order valence-corrected chi connectivity index (χ1v) is 8.65. The molecular formula is C16H21N3O2S. The molecule has 22 heavy (non-hydrogen) atoms. The molecule has 5 nitrogen and oxygen atoms in total. The Balaban J connectivity index is 1.73. The van der Waals surface area contributed by atoms with Crippen molar-refractivity contribution < 1.29 is 9.21 Å². The first-order valence-electron chi connectivity index (χ1n) is 7.84. The fraction of sp³-hybridized carbons (Fsp3) is 0.562. The molecule has 0 bridgehead atoms. The highest BCUT2D eigenvalue weighted by Crippen LogP contribution is 2.29. The van der Waals surface area contributed by atoms with E-state index in [0.29, 0.717) is 23.8 Å². The number of hydrogen-bond donors (Lipinski definition) is 1. The van der Waals surface area contributed by atoms with Gasteiger partial charge in [0, 0.05) is 11.3 Å². The minimum atomic E-state index is -0.217. The highest BCUT2D eigenvalue weighted by molar-refractivity contribution is 7.11. The molecule has 0 unspecified atom stereocenters. The van der Waals surface area contributed by atoms with Crippen molar-refractivity contribution in [3.63, 3.8) is 0 Å². The minimum Gasteiger partial charge on any atom is -0.435 e. The normalized spacial score (nSPS) is 15.4. The van der Waals surface area contributed by atoms with E-state index in [1.54, 1.807) is 18.3 Å². The van der Waals surface area contributed by atoms with Crippen molar-refractivity contribution >= 4 is 17.2 Å². The van der Waals surface area contributed by atoms with Gasteiger partial charge in [-0.25, -0.2) is 9.97 Å². The average Bonchev–Trinajstić information content (AvgIpc) is 3.10. The number of rotatable bonds is 4. The molecule has 0 radical (unpaired) electrons. The van der Waals surface area contributed by atoms with Crippen LogP contribution in [0, 0.1) is 6.92 Å². The third-order valence-corrected chi connectivity index (χ3v) is 5.27. The van der Waals surface area contributed by atoms with E-state index in [1.807, 2.05) is 13.8 Å². The first-order chi connectivity index (χ1) is 10.6. The topological polar surface area (TPSA) is 68.0 Å². The van der Waals surface area contributed by atoms with Gasteiger partial charge in [-0.05, 0) is 39.5 Å². The molecule has 0 aliphatic heterocycles. The lowest BCUT2D eigenvalue weighted by Crippen LogP contribution is -2.26. The fourth-order valence-corrected chi connectivity index (χ4v) is 3.85. The van der Waals surface area contributed by atoms with Crippen LogP contribution < -0.4 is 5.32 Å². The van der Waals surface area contributed by atoms with Crippen LogP contribution in [0.2, 0.25) is 0 Å². The Morgan fingerprint density at radius 3 is 2.82 bits per heavy atom. The zero-order chi connectivity index (χ0) is 15.7. The summed E-state index contributed by atoms with van der Waals surface area (Å²) in [5.41, 5.74) is 1.86. The number of oxazole rings is 1. The highest BCUT2D eigenvalue weighted by atomic mass is 32.1. The Bertz CT molecular complexity index is 666. The zero-order valence-electron chi connectivity index (χ0n) is 13.2. The van der Waals surface area contributed by atoms with Gasteiger partial charge in [0.15, 0.2) is 5.89 Å². The maximum atomic E-state index is 12.4. The maximum absolute atomic E-state index is 12.4. The minimum absolute atomic E-state index is 0.113. The summed E-state index contributed by atoms with van der Waals surface area (Å²) in [4.78, 5) is 22.7. The number of hydrogen-bond acceptors (Lipinski definition) is 5. The second-order valence-electron chi connectivity index (χ2n) is 5.70. The Hall–Kier alpha value is -1.69. The average molecular weight is 319 g/mol. The molecule has 1 atom stereocenters. The smallest absolute Gasteiger partial charge is 0.289 e. The maximum Gasteiger partial charge on any atom is 0.289 e. The van der Waals surface area contributed by atoms with Crippen molar-refractivity contribution in [3.05, 3.63) is 32.9 Å². The van der Waals surface area contributed by atoms with Crippen molar-refractivity contribution in [2.24, 2.45) is 0 Å². The second kappa shape index (κ2) is 6.20. The molecule has 0 aromatic carbocycles. The van der Waals surface area contributed by atoms with Gasteiger partial charge in [0.1, 0.15) is 5.01 Å². The van der Waals surface area contributed by atoms with Gasteiger partial charge in [0.05, 0.1) is 17.4 Å². The van der Waals surface area contributed by atoms with Gasteiger partial charge in [0.2, 0.25) is 5.76 Å². The summed E-state index contributed by atoms with van der Waals surface area (Å²) >= 11 is 1.72. The summed E-state index contributed by atoms with van der Waals surface area (Å²) in [5, 5.41) is 3.95. The number of thiazole rings is 1. The molecule has 118 valence electrons. The molecule has 2 aromatic rings. The van der Waals surface area contributed by atoms with Gasteiger partial charge in [0.25, 0.3) is 5.91 Å². The second-order valence-corrected chi connectivity index (χ2v) is 6.82. The van der Waals surface area contributed by atoms with E-state index in [-0.39, 0.29) is 11.9 Å². The van der Waals surface area contributed by atoms with E-state index in [1.165, 1.54) is 23.4 Å². The predicted octanol–water partition coefficient (Wildman–Crippen LogP) is 3.37. The number of aromatic nitrogens is 2. The number of carbonyl (C=O) groups is 1. The summed E-state index contributed by atoms with van der Waals surface area (Å²) in [7, 11) is 0. The van der Waals surface area contributed by atoms with E-state index in [9.17, 15) is 4.79 Å². The molecule has 1 aliphatic rings. The number of amides is 1. The van der Waals surface area contributed by atoms with Crippen molar-refractivity contribution in [1.29, 1.82) is 0 Å². The molecular weight excluding hydrogens is 298 g/mol. The molecule has 1 aliphatic carbocycles. The van der Waals surface area contributed by atoms with Crippen molar-refractivity contribution in [1.82, 2.24) is 15.3 Å². The van der Waals surface area contributed by atoms with Crippen LogP contribution in [0.3, 0.4) is 0 Å². The van der Waals surface area contributed by atoms with E-state index in [2.05, 4.69) is 10.3 Å². The zero-order valence-corrected chi connectivity index (χ0v) is 14.0. The van der Waals surface area contributed by atoms with E-state index in [0.717, 1.165) is 17.8 Å². The Kier molecular flexibility index (Phi) is 4.29. The molecule has 0 spiro atoms. The first kappa shape index (κ1) is 15.2. The van der Waals surface area contributed by atoms with Gasteiger partial charge in [-0.3, -0.25) is 4.79 Å². The molecule has 2 heterocycles. The monoisotopic (exact) mass is 319 g/mol. The van der Waals surface area contributed by atoms with E-state index in [4.69, 9.17) is 9.40 Å². The van der Waals surface area contributed by atoms with Crippen LogP contribution in [0.15, 0.2) is 4.42 Å². The summed E-state index contributed by atoms with van der Waals surface area (Å²) in [6.07, 6.45) is 5.32. The number of nitrogens with one attached hydrogen (secondary N) is 1. The molecule has 1 amide bonds. The van der Waals surface area contributed by atoms with E-state index < -0.39 is 0 Å². The lowest BCUT2D eigenvalue weighted by atomic mass is 10.0. The quantitative estimate of drug-likeness (QED) is 0.938. The van der Waals surface area contributed by atoms with Crippen molar-refractivity contribution in [2.75, 3.05) is 0 Å². The SMILES string of the molecule is CCc1nc(C)c(C(=O)N[C@H](C)c2nc3c(s2)CCCC3)o1. The molecule has 2 aromatic heterocycles. The van der Waals surface area contributed by atoms with Gasteiger partial charge >= 0.3 is 0 Å². The highest BCUT2D eigenvalue weighted by Gasteiger charge is 2.22. The number of nitrogens with zero attached hydrogens (tertiary/aromatic N) is 2. The molecule has 6 heteroatoms. The Morgan fingerprint density at radius 1 is 1.36 bits per heavy atom. The number of aryl methyl sites for hydroxylation is 4. The third kappa shape index (κ3) is 2.92. The summed E-state index contributed by atoms with van der Waals surface area (Å²) in [5.74, 6) is 0.690. The Morgan fingerprint density at radius 2 is 2.14 bits per heavy atom. The van der Waals surface area contributed by atoms with Crippen LogP contribution >= 0.6 is 11.3 Å². The summed E-state index contributed by atoms with van der Waals surface area (Å²) < 4.78 is 5.50. The molecule has 3 rings (SSSR count). The Labute approximate surface area is 134 Å². The van der Waals surface area contributed by atoms with E-state index >= 15 is 0 Å². The van der Waals surface area contributed by atoms with Crippen LogP contribution in [-0.2, 0) is 19.3 Å². The van der Waals surface area contributed by atoms with Crippen molar-refractivity contribution in [3.8, 4) is 0 Å². The lowest BCUT2D eigenvalue weighted by molar-refractivity contribution is 0.0909. The summed E-state index contributed by atoms with van der Waals surface area (Å²) in [6, 6.07) is -0.113. The van der Waals surface area contributed by atoms with Crippen LogP contribution in [0.1, 0.15) is 70.4 Å². The van der Waals surface area contributed by atoms with Crippen LogP contribution in [-0.4, -0.2) is 15.9 Å². The van der Waals surface area contributed by atoms with Gasteiger partial charge in [-0.1, -0.05) is 6.92 Å². The molecule has 1 N–H and O–H groups in total. The largest absolute Gasteiger partial charge is 0.435 e. The van der Waals surface area contributed by atoms with Gasteiger partial charge < -0.3 is 9.73 Å². The molecule has 0 saturated heterocycles. The molecule has 0 saturated carbocycles. The lowest BCUT2D eigenvalue weighted by Gasteiger charge is -2.09. The summed E-state index contributed by atoms with van der Waals surface area (Å²) in [6.45, 7) is 5.72. The van der Waals surface area contributed by atoms with Crippen LogP contribution in [0.25, 0.3) is 0 Å². The standard InChI is InChI=1S/C16H21N3O2S/c1-4-13-17-9(2)14(21-13)15(20)18-10(3)16-19-11-7-5-6-8-12(11)22-16/h10H,4-8H2,1-3H3,(H,18,20)/t10-/m1/s1. The van der Waals surface area contributed by atoms with Crippen LogP contribution in [0.4, 0.5) is 0 Å².